The molecule has 1 aliphatic carbocycles. The van der Waals surface area contributed by atoms with Crippen molar-refractivity contribution in [2.24, 2.45) is 0 Å². The number of hydrogen-bond donors (Lipinski definition) is 1. The van der Waals surface area contributed by atoms with Crippen molar-refractivity contribution in [1.29, 1.82) is 0 Å². The zero-order chi connectivity index (χ0) is 15.5. The first-order chi connectivity index (χ1) is 9.91. The summed E-state index contributed by atoms with van der Waals surface area (Å²) in [4.78, 5) is 12.1. The fourth-order valence-corrected chi connectivity index (χ4v) is 4.61. The van der Waals surface area contributed by atoms with Gasteiger partial charge in [0.2, 0.25) is 10.0 Å². The van der Waals surface area contributed by atoms with Gasteiger partial charge in [-0.3, -0.25) is 4.79 Å². The molecule has 1 N–H and O–H groups in total. The van der Waals surface area contributed by atoms with Crippen molar-refractivity contribution in [2.45, 2.75) is 42.5 Å². The van der Waals surface area contributed by atoms with Gasteiger partial charge in [0.1, 0.15) is 10.4 Å². The number of carbonyl (C=O) groups is 1. The molecule has 116 valence electrons. The third kappa shape index (κ3) is 3.39. The van der Waals surface area contributed by atoms with Crippen molar-refractivity contribution in [2.75, 3.05) is 7.11 Å². The lowest BCUT2D eigenvalue weighted by Gasteiger charge is -2.34. The molecule has 2 rings (SSSR count). The molecule has 1 aromatic carbocycles. The molecule has 0 amide bonds. The molecule has 1 saturated carbocycles. The van der Waals surface area contributed by atoms with Crippen molar-refractivity contribution < 1.29 is 17.9 Å². The summed E-state index contributed by atoms with van der Waals surface area (Å²) in [7, 11) is -2.62. The number of benzene rings is 1. The smallest absolute Gasteiger partial charge is 0.327 e. The predicted octanol–water partition coefficient (Wildman–Crippen LogP) is 2.49. The third-order valence-electron chi connectivity index (χ3n) is 3.74. The Morgan fingerprint density at radius 2 is 1.86 bits per heavy atom. The first-order valence-corrected chi connectivity index (χ1v) is 8.64. The maximum Gasteiger partial charge on any atom is 0.327 e. The number of nitrogens with one attached hydrogen (secondary N) is 1. The van der Waals surface area contributed by atoms with E-state index < -0.39 is 21.5 Å². The van der Waals surface area contributed by atoms with Crippen molar-refractivity contribution in [1.82, 2.24) is 4.72 Å². The van der Waals surface area contributed by atoms with Crippen molar-refractivity contribution in [3.8, 4) is 0 Å². The molecule has 5 nitrogen and oxygen atoms in total. The highest BCUT2D eigenvalue weighted by molar-refractivity contribution is 7.89. The molecule has 1 aromatic rings. The summed E-state index contributed by atoms with van der Waals surface area (Å²) in [5.74, 6) is -0.544. The van der Waals surface area contributed by atoms with Gasteiger partial charge in [0, 0.05) is 0 Å². The molecule has 1 fully saturated rings. The molecule has 1 aliphatic rings. The second-order valence-corrected chi connectivity index (χ2v) is 7.23. The fraction of sp³-hybridized carbons (Fsp3) is 0.500. The zero-order valence-corrected chi connectivity index (χ0v) is 13.3. The van der Waals surface area contributed by atoms with Crippen LogP contribution in [0.4, 0.5) is 0 Å². The van der Waals surface area contributed by atoms with Crippen LogP contribution in [0.3, 0.4) is 0 Å². The van der Waals surface area contributed by atoms with E-state index in [2.05, 4.69) is 4.72 Å². The van der Waals surface area contributed by atoms with Crippen LogP contribution in [0, 0.1) is 0 Å². The molecule has 0 bridgehead atoms. The molecule has 7 heteroatoms. The highest BCUT2D eigenvalue weighted by atomic mass is 35.5. The van der Waals surface area contributed by atoms with Gasteiger partial charge in [0.25, 0.3) is 0 Å². The van der Waals surface area contributed by atoms with Crippen LogP contribution in [0.15, 0.2) is 29.2 Å². The normalized spacial score (nSPS) is 18.2. The second kappa shape index (κ2) is 6.34. The average Bonchev–Trinajstić information content (AvgIpc) is 2.47. The van der Waals surface area contributed by atoms with Gasteiger partial charge in [-0.25, -0.2) is 8.42 Å². The molecule has 0 heterocycles. The Balaban J connectivity index is 2.36. The Morgan fingerprint density at radius 1 is 1.24 bits per heavy atom. The molecule has 0 atom stereocenters. The second-order valence-electron chi connectivity index (χ2n) is 5.17. The number of hydrogen-bond acceptors (Lipinski definition) is 4. The SMILES string of the molecule is COC(=O)C1(NS(=O)(=O)c2ccccc2Cl)CCCCC1. The Kier molecular flexibility index (Phi) is 4.91. The van der Waals surface area contributed by atoms with E-state index >= 15 is 0 Å². The van der Waals surface area contributed by atoms with Crippen LogP contribution >= 0.6 is 11.6 Å². The van der Waals surface area contributed by atoms with E-state index in [0.29, 0.717) is 12.8 Å². The number of halogens is 1. The molecular formula is C14H18ClNO4S. The van der Waals surface area contributed by atoms with E-state index in [4.69, 9.17) is 16.3 Å². The summed E-state index contributed by atoms with van der Waals surface area (Å²) in [5.41, 5.74) is -1.19. The van der Waals surface area contributed by atoms with Crippen LogP contribution in [0.5, 0.6) is 0 Å². The van der Waals surface area contributed by atoms with Crippen molar-refractivity contribution in [3.05, 3.63) is 29.3 Å². The average molecular weight is 332 g/mol. The monoisotopic (exact) mass is 331 g/mol. The topological polar surface area (TPSA) is 72.5 Å². The summed E-state index contributed by atoms with van der Waals surface area (Å²) in [5, 5.41) is 0.126. The Labute approximate surface area is 129 Å². The van der Waals surface area contributed by atoms with Gasteiger partial charge in [-0.2, -0.15) is 4.72 Å². The first-order valence-electron chi connectivity index (χ1n) is 6.78. The van der Waals surface area contributed by atoms with E-state index in [1.807, 2.05) is 0 Å². The molecule has 0 spiro atoms. The van der Waals surface area contributed by atoms with E-state index in [1.54, 1.807) is 12.1 Å². The van der Waals surface area contributed by atoms with E-state index in [1.165, 1.54) is 19.2 Å². The van der Waals surface area contributed by atoms with Crippen LogP contribution < -0.4 is 4.72 Å². The molecule has 0 unspecified atom stereocenters. The van der Waals surface area contributed by atoms with E-state index in [0.717, 1.165) is 19.3 Å². The lowest BCUT2D eigenvalue weighted by Crippen LogP contribution is -2.56. The van der Waals surface area contributed by atoms with Crippen LogP contribution in [-0.4, -0.2) is 27.0 Å². The van der Waals surface area contributed by atoms with Crippen molar-refractivity contribution >= 4 is 27.6 Å². The van der Waals surface area contributed by atoms with E-state index in [-0.39, 0.29) is 9.92 Å². The van der Waals surface area contributed by atoms with Gasteiger partial charge in [0.15, 0.2) is 0 Å². The standard InChI is InChI=1S/C14H18ClNO4S/c1-20-13(17)14(9-5-2-6-10-14)16-21(18,19)12-8-4-3-7-11(12)15/h3-4,7-8,16H,2,5-6,9-10H2,1H3. The fourth-order valence-electron chi connectivity index (χ4n) is 2.67. The highest BCUT2D eigenvalue weighted by Gasteiger charge is 2.44. The molecule has 0 aliphatic heterocycles. The van der Waals surface area contributed by atoms with Crippen molar-refractivity contribution in [3.63, 3.8) is 0 Å². The van der Waals surface area contributed by atoms with Crippen LogP contribution in [0.1, 0.15) is 32.1 Å². The lowest BCUT2D eigenvalue weighted by molar-refractivity contribution is -0.149. The largest absolute Gasteiger partial charge is 0.468 e. The van der Waals surface area contributed by atoms with Crippen LogP contribution in [-0.2, 0) is 19.6 Å². The lowest BCUT2D eigenvalue weighted by atomic mass is 9.83. The first kappa shape index (κ1) is 16.3. The molecular weight excluding hydrogens is 314 g/mol. The molecule has 0 aromatic heterocycles. The van der Waals surface area contributed by atoms with Gasteiger partial charge >= 0.3 is 5.97 Å². The van der Waals surface area contributed by atoms with Gasteiger partial charge in [-0.05, 0) is 25.0 Å². The Morgan fingerprint density at radius 3 is 2.43 bits per heavy atom. The minimum Gasteiger partial charge on any atom is -0.468 e. The summed E-state index contributed by atoms with van der Waals surface area (Å²) >= 11 is 5.95. The highest BCUT2D eigenvalue weighted by Crippen LogP contribution is 2.32. The quantitative estimate of drug-likeness (QED) is 0.860. The molecule has 0 radical (unpaired) electrons. The number of methoxy groups -OCH3 is 1. The maximum absolute atomic E-state index is 12.5. The Bertz CT molecular complexity index is 624. The Hall–Kier alpha value is -1.11. The minimum absolute atomic E-state index is 0.0273. The van der Waals surface area contributed by atoms with Crippen LogP contribution in [0.2, 0.25) is 5.02 Å². The van der Waals surface area contributed by atoms with Crippen LogP contribution in [0.25, 0.3) is 0 Å². The zero-order valence-electron chi connectivity index (χ0n) is 11.8. The predicted molar refractivity (Wildman–Crippen MR) is 79.6 cm³/mol. The number of carbonyl (C=O) groups excluding carboxylic acids is 1. The number of sulfonamides is 1. The third-order valence-corrected chi connectivity index (χ3v) is 5.78. The molecule has 0 saturated heterocycles. The maximum atomic E-state index is 12.5. The van der Waals surface area contributed by atoms with Gasteiger partial charge in [0.05, 0.1) is 12.1 Å². The molecule has 21 heavy (non-hydrogen) atoms. The minimum atomic E-state index is -3.89. The number of rotatable bonds is 4. The van der Waals surface area contributed by atoms with Gasteiger partial charge < -0.3 is 4.74 Å². The van der Waals surface area contributed by atoms with Gasteiger partial charge in [-0.15, -0.1) is 0 Å². The van der Waals surface area contributed by atoms with Gasteiger partial charge in [-0.1, -0.05) is 43.0 Å². The summed E-state index contributed by atoms with van der Waals surface area (Å²) in [6, 6.07) is 6.16. The number of ether oxygens (including phenoxy) is 1. The summed E-state index contributed by atoms with van der Waals surface area (Å²) in [6.45, 7) is 0. The summed E-state index contributed by atoms with van der Waals surface area (Å²) in [6.07, 6.45) is 3.40. The summed E-state index contributed by atoms with van der Waals surface area (Å²) < 4.78 is 32.4. The number of esters is 1. The van der Waals surface area contributed by atoms with E-state index in [9.17, 15) is 13.2 Å².